The highest BCUT2D eigenvalue weighted by Gasteiger charge is 2.45. The maximum atomic E-state index is 11.2. The minimum Gasteiger partial charge on any atom is -0.385 e. The maximum Gasteiger partial charge on any atom is 0.0949 e. The summed E-state index contributed by atoms with van der Waals surface area (Å²) in [6, 6.07) is 18.9. The summed E-state index contributed by atoms with van der Waals surface area (Å²) < 4.78 is 0. The molecule has 0 spiro atoms. The first-order valence-electron chi connectivity index (χ1n) is 7.86. The van der Waals surface area contributed by atoms with Gasteiger partial charge in [-0.1, -0.05) is 54.6 Å². The Morgan fingerprint density at radius 3 is 2.38 bits per heavy atom. The van der Waals surface area contributed by atoms with Crippen molar-refractivity contribution in [1.82, 2.24) is 4.90 Å². The zero-order chi connectivity index (χ0) is 14.3. The average molecular weight is 279 g/mol. The van der Waals surface area contributed by atoms with Crippen LogP contribution in [0.2, 0.25) is 0 Å². The predicted octanol–water partition coefficient (Wildman–Crippen LogP) is 3.27. The van der Waals surface area contributed by atoms with E-state index >= 15 is 0 Å². The van der Waals surface area contributed by atoms with Crippen LogP contribution in [0.25, 0.3) is 11.1 Å². The van der Waals surface area contributed by atoms with Gasteiger partial charge in [0.25, 0.3) is 0 Å². The molecule has 2 fully saturated rings. The topological polar surface area (TPSA) is 23.5 Å². The van der Waals surface area contributed by atoms with E-state index < -0.39 is 5.60 Å². The standard InChI is InChI=1S/C19H21NO/c21-19(11-13-20-12-10-18(19)14-20)17-8-6-16(7-9-17)15-4-2-1-3-5-15/h1-9,18,21H,10-14H2. The second kappa shape index (κ2) is 4.97. The Bertz CT molecular complexity index is 622. The molecule has 2 heteroatoms. The Balaban J connectivity index is 1.64. The molecule has 108 valence electrons. The summed E-state index contributed by atoms with van der Waals surface area (Å²) in [5.41, 5.74) is 2.91. The molecular weight excluding hydrogens is 258 g/mol. The van der Waals surface area contributed by atoms with Gasteiger partial charge in [0.05, 0.1) is 5.60 Å². The van der Waals surface area contributed by atoms with Crippen LogP contribution in [0.5, 0.6) is 0 Å². The molecule has 0 amide bonds. The van der Waals surface area contributed by atoms with Crippen molar-refractivity contribution in [2.75, 3.05) is 19.6 Å². The first-order chi connectivity index (χ1) is 10.3. The highest BCUT2D eigenvalue weighted by Crippen LogP contribution is 2.42. The highest BCUT2D eigenvalue weighted by atomic mass is 16.3. The van der Waals surface area contributed by atoms with Gasteiger partial charge in [-0.3, -0.25) is 0 Å². The predicted molar refractivity (Wildman–Crippen MR) is 84.9 cm³/mol. The SMILES string of the molecule is OC1(c2ccc(-c3ccccc3)cc2)CCN2CCC1C2. The summed E-state index contributed by atoms with van der Waals surface area (Å²) >= 11 is 0. The van der Waals surface area contributed by atoms with Gasteiger partial charge < -0.3 is 10.0 Å². The van der Waals surface area contributed by atoms with Crippen LogP contribution in [-0.4, -0.2) is 29.6 Å². The fourth-order valence-electron chi connectivity index (χ4n) is 3.92. The Labute approximate surface area is 126 Å². The van der Waals surface area contributed by atoms with Gasteiger partial charge >= 0.3 is 0 Å². The van der Waals surface area contributed by atoms with Crippen molar-refractivity contribution < 1.29 is 5.11 Å². The fraction of sp³-hybridized carbons (Fsp3) is 0.368. The molecule has 0 aliphatic carbocycles. The second-order valence-electron chi connectivity index (χ2n) is 6.40. The molecule has 4 rings (SSSR count). The molecule has 2 aliphatic rings. The van der Waals surface area contributed by atoms with Gasteiger partial charge in [0.2, 0.25) is 0 Å². The number of fused-ring (bicyclic) bond motifs is 2. The smallest absolute Gasteiger partial charge is 0.0949 e. The van der Waals surface area contributed by atoms with Gasteiger partial charge in [0.15, 0.2) is 0 Å². The lowest BCUT2D eigenvalue weighted by Gasteiger charge is -2.39. The Hall–Kier alpha value is -1.64. The van der Waals surface area contributed by atoms with E-state index in [1.807, 2.05) is 6.07 Å². The van der Waals surface area contributed by atoms with Crippen LogP contribution in [0.3, 0.4) is 0 Å². The summed E-state index contributed by atoms with van der Waals surface area (Å²) in [6.07, 6.45) is 1.99. The summed E-state index contributed by atoms with van der Waals surface area (Å²) in [5.74, 6) is 0.397. The molecule has 2 bridgehead atoms. The third-order valence-electron chi connectivity index (χ3n) is 5.25. The third-order valence-corrected chi connectivity index (χ3v) is 5.25. The van der Waals surface area contributed by atoms with Gasteiger partial charge in [-0.25, -0.2) is 0 Å². The molecule has 1 N–H and O–H groups in total. The minimum atomic E-state index is -0.623. The van der Waals surface area contributed by atoms with E-state index in [0.29, 0.717) is 5.92 Å². The van der Waals surface area contributed by atoms with Gasteiger partial charge in [-0.2, -0.15) is 0 Å². The molecule has 0 radical (unpaired) electrons. The van der Waals surface area contributed by atoms with Crippen LogP contribution < -0.4 is 0 Å². The molecule has 2 heterocycles. The lowest BCUT2D eigenvalue weighted by atomic mass is 9.77. The number of nitrogens with zero attached hydrogens (tertiary/aromatic N) is 1. The van der Waals surface area contributed by atoms with Crippen LogP contribution >= 0.6 is 0 Å². The highest BCUT2D eigenvalue weighted by molar-refractivity contribution is 5.63. The lowest BCUT2D eigenvalue weighted by molar-refractivity contribution is -0.0502. The first-order valence-corrected chi connectivity index (χ1v) is 7.86. The Kier molecular flexibility index (Phi) is 3.09. The largest absolute Gasteiger partial charge is 0.385 e. The molecule has 2 nitrogen and oxygen atoms in total. The van der Waals surface area contributed by atoms with Crippen molar-refractivity contribution in [3.05, 3.63) is 60.2 Å². The third kappa shape index (κ3) is 2.19. The molecular formula is C19H21NO. The zero-order valence-corrected chi connectivity index (χ0v) is 12.2. The number of aliphatic hydroxyl groups is 1. The van der Waals surface area contributed by atoms with Crippen LogP contribution in [0.1, 0.15) is 18.4 Å². The average Bonchev–Trinajstić information content (AvgIpc) is 2.97. The van der Waals surface area contributed by atoms with E-state index in [1.54, 1.807) is 0 Å². The van der Waals surface area contributed by atoms with E-state index in [1.165, 1.54) is 11.1 Å². The van der Waals surface area contributed by atoms with Gasteiger partial charge in [-0.15, -0.1) is 0 Å². The maximum absolute atomic E-state index is 11.2. The van der Waals surface area contributed by atoms with E-state index in [9.17, 15) is 5.11 Å². The molecule has 0 saturated carbocycles. The molecule has 0 aromatic heterocycles. The Morgan fingerprint density at radius 1 is 0.905 bits per heavy atom. The monoisotopic (exact) mass is 279 g/mol. The van der Waals surface area contributed by atoms with Crippen LogP contribution in [0.15, 0.2) is 54.6 Å². The van der Waals surface area contributed by atoms with Gasteiger partial charge in [-0.05, 0) is 36.1 Å². The molecule has 3 atom stereocenters. The number of hydrogen-bond donors (Lipinski definition) is 1. The van der Waals surface area contributed by atoms with Crippen molar-refractivity contribution in [2.45, 2.75) is 18.4 Å². The van der Waals surface area contributed by atoms with E-state index in [-0.39, 0.29) is 0 Å². The molecule has 2 aromatic rings. The molecule has 2 aromatic carbocycles. The fourth-order valence-corrected chi connectivity index (χ4v) is 3.92. The molecule has 3 unspecified atom stereocenters. The normalized spacial score (nSPS) is 31.3. The Morgan fingerprint density at radius 2 is 1.62 bits per heavy atom. The lowest BCUT2D eigenvalue weighted by Crippen LogP contribution is -2.44. The molecule has 2 saturated heterocycles. The number of piperidine rings is 1. The van der Waals surface area contributed by atoms with Crippen molar-refractivity contribution in [3.63, 3.8) is 0 Å². The number of hydrogen-bond acceptors (Lipinski definition) is 2. The summed E-state index contributed by atoms with van der Waals surface area (Å²) in [4.78, 5) is 2.47. The number of benzene rings is 2. The molecule has 21 heavy (non-hydrogen) atoms. The van der Waals surface area contributed by atoms with E-state index in [4.69, 9.17) is 0 Å². The second-order valence-corrected chi connectivity index (χ2v) is 6.40. The minimum absolute atomic E-state index is 0.397. The van der Waals surface area contributed by atoms with Crippen molar-refractivity contribution >= 4 is 0 Å². The molecule has 2 aliphatic heterocycles. The van der Waals surface area contributed by atoms with Crippen LogP contribution in [0.4, 0.5) is 0 Å². The zero-order valence-electron chi connectivity index (χ0n) is 12.2. The number of rotatable bonds is 2. The van der Waals surface area contributed by atoms with Gasteiger partial charge in [0.1, 0.15) is 0 Å². The first kappa shape index (κ1) is 13.1. The van der Waals surface area contributed by atoms with E-state index in [2.05, 4.69) is 53.4 Å². The van der Waals surface area contributed by atoms with Crippen LogP contribution in [-0.2, 0) is 5.60 Å². The van der Waals surface area contributed by atoms with Crippen LogP contribution in [0, 0.1) is 5.92 Å². The summed E-state index contributed by atoms with van der Waals surface area (Å²) in [6.45, 7) is 3.22. The van der Waals surface area contributed by atoms with Crippen molar-refractivity contribution in [2.24, 2.45) is 5.92 Å². The van der Waals surface area contributed by atoms with Gasteiger partial charge in [0, 0.05) is 19.0 Å². The van der Waals surface area contributed by atoms with Crippen molar-refractivity contribution in [3.8, 4) is 11.1 Å². The quantitative estimate of drug-likeness (QED) is 0.912. The summed E-state index contributed by atoms with van der Waals surface area (Å²) in [5, 5.41) is 11.2. The summed E-state index contributed by atoms with van der Waals surface area (Å²) in [7, 11) is 0. The van der Waals surface area contributed by atoms with E-state index in [0.717, 1.165) is 38.0 Å². The van der Waals surface area contributed by atoms with Crippen molar-refractivity contribution in [1.29, 1.82) is 0 Å².